The smallest absolute Gasteiger partial charge is 0.00208 e. The van der Waals surface area contributed by atoms with Gasteiger partial charge in [-0.25, -0.2) is 0 Å². The van der Waals surface area contributed by atoms with Crippen molar-refractivity contribution in [1.82, 2.24) is 5.32 Å². The summed E-state index contributed by atoms with van der Waals surface area (Å²) < 4.78 is 0. The normalized spacial score (nSPS) is 25.8. The Morgan fingerprint density at radius 1 is 1.14 bits per heavy atom. The van der Waals surface area contributed by atoms with Gasteiger partial charge in [0.05, 0.1) is 0 Å². The molecule has 0 bridgehead atoms. The monoisotopic (exact) mass is 189 g/mol. The van der Waals surface area contributed by atoms with Crippen LogP contribution in [0.3, 0.4) is 0 Å². The van der Waals surface area contributed by atoms with E-state index in [-0.39, 0.29) is 0 Å². The fraction of sp³-hybridized carbons (Fsp3) is 0.538. The Hall–Kier alpha value is -0.820. The number of nitrogens with one attached hydrogen (secondary N) is 1. The Morgan fingerprint density at radius 2 is 1.86 bits per heavy atom. The third-order valence-electron chi connectivity index (χ3n) is 3.38. The first-order valence-corrected chi connectivity index (χ1v) is 5.58. The van der Waals surface area contributed by atoms with Crippen LogP contribution in [-0.4, -0.2) is 13.6 Å². The molecule has 0 aliphatic heterocycles. The SMILES string of the molecule is CNCC1CCC1Cc1ccccc1. The van der Waals surface area contributed by atoms with E-state index < -0.39 is 0 Å². The topological polar surface area (TPSA) is 12.0 Å². The minimum Gasteiger partial charge on any atom is -0.319 e. The molecule has 1 aliphatic rings. The summed E-state index contributed by atoms with van der Waals surface area (Å²) in [5.74, 6) is 1.84. The summed E-state index contributed by atoms with van der Waals surface area (Å²) in [7, 11) is 2.05. The van der Waals surface area contributed by atoms with Gasteiger partial charge in [-0.05, 0) is 50.3 Å². The number of hydrogen-bond acceptors (Lipinski definition) is 1. The van der Waals surface area contributed by atoms with E-state index in [4.69, 9.17) is 0 Å². The molecular formula is C13H19N. The Kier molecular flexibility index (Phi) is 3.20. The van der Waals surface area contributed by atoms with Crippen molar-refractivity contribution in [3.8, 4) is 0 Å². The molecule has 2 unspecified atom stereocenters. The molecule has 1 aliphatic carbocycles. The second kappa shape index (κ2) is 4.61. The molecule has 1 N–H and O–H groups in total. The molecule has 1 nitrogen and oxygen atoms in total. The van der Waals surface area contributed by atoms with Gasteiger partial charge in [0.2, 0.25) is 0 Å². The highest BCUT2D eigenvalue weighted by Gasteiger charge is 2.29. The zero-order valence-corrected chi connectivity index (χ0v) is 8.87. The molecule has 0 radical (unpaired) electrons. The van der Waals surface area contributed by atoms with Crippen molar-refractivity contribution in [2.24, 2.45) is 11.8 Å². The summed E-state index contributed by atoms with van der Waals surface area (Å²) in [5, 5.41) is 3.29. The summed E-state index contributed by atoms with van der Waals surface area (Å²) in [6.45, 7) is 1.19. The molecule has 0 amide bonds. The van der Waals surface area contributed by atoms with Crippen LogP contribution in [0.4, 0.5) is 0 Å². The molecule has 2 atom stereocenters. The molecule has 76 valence electrons. The van der Waals surface area contributed by atoms with Crippen molar-refractivity contribution < 1.29 is 0 Å². The Morgan fingerprint density at radius 3 is 2.43 bits per heavy atom. The Bertz CT molecular complexity index is 268. The first kappa shape index (κ1) is 9.72. The lowest BCUT2D eigenvalue weighted by Gasteiger charge is -2.36. The highest BCUT2D eigenvalue weighted by atomic mass is 14.8. The van der Waals surface area contributed by atoms with Gasteiger partial charge in [-0.3, -0.25) is 0 Å². The molecule has 1 saturated carbocycles. The first-order chi connectivity index (χ1) is 6.90. The highest BCUT2D eigenvalue weighted by Crippen LogP contribution is 2.36. The van der Waals surface area contributed by atoms with Crippen LogP contribution in [0.5, 0.6) is 0 Å². The maximum atomic E-state index is 3.29. The molecule has 0 saturated heterocycles. The van der Waals surface area contributed by atoms with E-state index in [9.17, 15) is 0 Å². The molecule has 0 heterocycles. The highest BCUT2D eigenvalue weighted by molar-refractivity contribution is 5.16. The molecular weight excluding hydrogens is 170 g/mol. The third-order valence-corrected chi connectivity index (χ3v) is 3.38. The van der Waals surface area contributed by atoms with E-state index in [0.29, 0.717) is 0 Å². The van der Waals surface area contributed by atoms with Gasteiger partial charge in [0, 0.05) is 0 Å². The van der Waals surface area contributed by atoms with Gasteiger partial charge in [0.25, 0.3) is 0 Å². The summed E-state index contributed by atoms with van der Waals surface area (Å²) in [6.07, 6.45) is 4.10. The van der Waals surface area contributed by atoms with Crippen LogP contribution in [0.2, 0.25) is 0 Å². The largest absolute Gasteiger partial charge is 0.319 e. The quantitative estimate of drug-likeness (QED) is 0.767. The van der Waals surface area contributed by atoms with Crippen molar-refractivity contribution in [3.05, 3.63) is 35.9 Å². The molecule has 2 rings (SSSR count). The minimum absolute atomic E-state index is 0.917. The van der Waals surface area contributed by atoms with Crippen molar-refractivity contribution in [2.75, 3.05) is 13.6 Å². The van der Waals surface area contributed by atoms with Gasteiger partial charge in [0.1, 0.15) is 0 Å². The van der Waals surface area contributed by atoms with Crippen LogP contribution in [0.1, 0.15) is 18.4 Å². The van der Waals surface area contributed by atoms with Crippen LogP contribution < -0.4 is 5.32 Å². The average molecular weight is 189 g/mol. The number of rotatable bonds is 4. The van der Waals surface area contributed by atoms with Crippen LogP contribution in [0.25, 0.3) is 0 Å². The van der Waals surface area contributed by atoms with Crippen LogP contribution in [-0.2, 0) is 6.42 Å². The van der Waals surface area contributed by atoms with Crippen molar-refractivity contribution in [2.45, 2.75) is 19.3 Å². The van der Waals surface area contributed by atoms with Crippen molar-refractivity contribution in [1.29, 1.82) is 0 Å². The van der Waals surface area contributed by atoms with Crippen LogP contribution in [0, 0.1) is 11.8 Å². The third kappa shape index (κ3) is 2.16. The van der Waals surface area contributed by atoms with Crippen LogP contribution >= 0.6 is 0 Å². The van der Waals surface area contributed by atoms with Crippen molar-refractivity contribution >= 4 is 0 Å². The fourth-order valence-electron chi connectivity index (χ4n) is 2.35. The summed E-state index contributed by atoms with van der Waals surface area (Å²) in [4.78, 5) is 0. The summed E-state index contributed by atoms with van der Waals surface area (Å²) >= 11 is 0. The lowest BCUT2D eigenvalue weighted by atomic mass is 9.71. The minimum atomic E-state index is 0.917. The van der Waals surface area contributed by atoms with Gasteiger partial charge in [-0.2, -0.15) is 0 Å². The van der Waals surface area contributed by atoms with E-state index >= 15 is 0 Å². The fourth-order valence-corrected chi connectivity index (χ4v) is 2.35. The molecule has 1 aromatic rings. The van der Waals surface area contributed by atoms with Gasteiger partial charge in [-0.1, -0.05) is 30.3 Å². The second-order valence-corrected chi connectivity index (χ2v) is 4.34. The zero-order chi connectivity index (χ0) is 9.80. The van der Waals surface area contributed by atoms with E-state index in [1.165, 1.54) is 31.4 Å². The van der Waals surface area contributed by atoms with E-state index in [1.54, 1.807) is 0 Å². The molecule has 0 aromatic heterocycles. The van der Waals surface area contributed by atoms with Gasteiger partial charge >= 0.3 is 0 Å². The van der Waals surface area contributed by atoms with Gasteiger partial charge < -0.3 is 5.32 Å². The number of benzene rings is 1. The Balaban J connectivity index is 1.86. The lowest BCUT2D eigenvalue weighted by Crippen LogP contribution is -2.35. The standard InChI is InChI=1S/C13H19N/c1-14-10-13-8-7-12(13)9-11-5-3-2-4-6-11/h2-6,12-14H,7-10H2,1H3. The molecule has 1 heteroatoms. The van der Waals surface area contributed by atoms with E-state index in [1.807, 2.05) is 0 Å². The summed E-state index contributed by atoms with van der Waals surface area (Å²) in [6, 6.07) is 10.9. The van der Waals surface area contributed by atoms with Gasteiger partial charge in [0.15, 0.2) is 0 Å². The van der Waals surface area contributed by atoms with E-state index in [2.05, 4.69) is 42.7 Å². The Labute approximate surface area is 86.5 Å². The maximum Gasteiger partial charge on any atom is -0.00208 e. The molecule has 14 heavy (non-hydrogen) atoms. The lowest BCUT2D eigenvalue weighted by molar-refractivity contribution is 0.174. The average Bonchev–Trinajstić information content (AvgIpc) is 2.23. The molecule has 1 aromatic carbocycles. The zero-order valence-electron chi connectivity index (χ0n) is 8.87. The second-order valence-electron chi connectivity index (χ2n) is 4.34. The van der Waals surface area contributed by atoms with E-state index in [0.717, 1.165) is 11.8 Å². The molecule has 0 spiro atoms. The molecule has 1 fully saturated rings. The maximum absolute atomic E-state index is 3.29. The number of hydrogen-bond donors (Lipinski definition) is 1. The van der Waals surface area contributed by atoms with Gasteiger partial charge in [-0.15, -0.1) is 0 Å². The predicted octanol–water partition coefficient (Wildman–Crippen LogP) is 2.47. The predicted molar refractivity (Wildman–Crippen MR) is 60.3 cm³/mol. The van der Waals surface area contributed by atoms with Crippen molar-refractivity contribution in [3.63, 3.8) is 0 Å². The van der Waals surface area contributed by atoms with Crippen LogP contribution in [0.15, 0.2) is 30.3 Å². The first-order valence-electron chi connectivity index (χ1n) is 5.58. The summed E-state index contributed by atoms with van der Waals surface area (Å²) in [5.41, 5.74) is 1.50.